The molecule has 1 radical (unpaired) electrons. The number of carbonyl (C=O) groups is 3. The van der Waals surface area contributed by atoms with Crippen molar-refractivity contribution in [2.75, 3.05) is 14.2 Å². The minimum Gasteiger partial charge on any atom is -0.664 e. The van der Waals surface area contributed by atoms with Gasteiger partial charge in [-0.05, 0) is 51.0 Å². The Morgan fingerprint density at radius 3 is 2.28 bits per heavy atom. The van der Waals surface area contributed by atoms with Gasteiger partial charge in [-0.15, -0.1) is 33.5 Å². The van der Waals surface area contributed by atoms with Crippen LogP contribution >= 0.6 is 0 Å². The van der Waals surface area contributed by atoms with Crippen LogP contribution in [0.25, 0.3) is 35.2 Å². The van der Waals surface area contributed by atoms with E-state index in [9.17, 15) is 14.4 Å². The number of hydrogen-bond acceptors (Lipinski definition) is 5. The molecule has 1 aliphatic carbocycles. The molecule has 3 aromatic heterocycles. The van der Waals surface area contributed by atoms with Gasteiger partial charge in [-0.3, -0.25) is 14.4 Å². The van der Waals surface area contributed by atoms with E-state index in [2.05, 4.69) is 20.4 Å². The molecule has 0 N–H and O–H groups in total. The van der Waals surface area contributed by atoms with Crippen LogP contribution in [0.5, 0.6) is 0 Å². The smallest absolute Gasteiger partial charge is 0.321 e. The van der Waals surface area contributed by atoms with Gasteiger partial charge >= 0.3 is 11.9 Å². The monoisotopic (exact) mass is 711 g/mol. The molecule has 3 unspecified atom stereocenters. The molecule has 3 aromatic rings. The summed E-state index contributed by atoms with van der Waals surface area (Å²) in [7, 11) is 2.63. The number of fused-ring (bicyclic) bond motifs is 7. The Hall–Kier alpha value is -4.05. The number of hydrogen-bond donors (Lipinski definition) is 0. The molecule has 245 valence electrons. The standard InChI is InChI=1S/C36H37N4O5.Ag/c1-9-20-16(3)23-13-25-18(5)22(11-12-29(41)44-7)33(39-25)31-32(36(43)45-8)35(42)30-19(6)26(40-34(30)31)15-28-21(10-2)17(4)24(38-28)14-27(20)37-23;/h9,13-15,18,22,32H,1,10-12H2,2-8H3,(H-,39,40,42);/q-3;/p-1/b24-14-,25-13-,28-15-;. The maximum Gasteiger partial charge on any atom is 0.321 e. The number of allylic oxidation sites excluding steroid dienone is 2. The molecule has 3 aliphatic rings. The van der Waals surface area contributed by atoms with Crippen molar-refractivity contribution in [3.63, 3.8) is 0 Å². The van der Waals surface area contributed by atoms with Crippen molar-refractivity contribution in [1.29, 1.82) is 0 Å². The Morgan fingerprint density at radius 2 is 1.63 bits per heavy atom. The molecular formula is C36H36AgN4O5-4. The van der Waals surface area contributed by atoms with Crippen LogP contribution in [0.15, 0.2) is 18.0 Å². The molecule has 46 heavy (non-hydrogen) atoms. The molecule has 6 rings (SSSR count). The van der Waals surface area contributed by atoms with Gasteiger partial charge in [-0.25, -0.2) is 0 Å². The van der Waals surface area contributed by atoms with Gasteiger partial charge in [0.2, 0.25) is 0 Å². The average Bonchev–Trinajstić information content (AvgIpc) is 3.76. The van der Waals surface area contributed by atoms with Gasteiger partial charge in [0.1, 0.15) is 5.92 Å². The number of aromatic nitrogens is 3. The van der Waals surface area contributed by atoms with Gasteiger partial charge < -0.3 is 29.7 Å². The number of ether oxygens (including phenoxy) is 2. The first kappa shape index (κ1) is 33.3. The average molecular weight is 713 g/mol. The maximum atomic E-state index is 14.0. The fraction of sp³-hybridized carbons (Fsp3) is 0.361. The number of carbonyl (C=O) groups excluding carboxylic acids is 3. The number of nitrogens with zero attached hydrogens (tertiary/aromatic N) is 4. The van der Waals surface area contributed by atoms with Gasteiger partial charge in [0, 0.05) is 34.4 Å². The van der Waals surface area contributed by atoms with E-state index in [0.29, 0.717) is 40.2 Å². The molecule has 0 aromatic carbocycles. The van der Waals surface area contributed by atoms with Crippen LogP contribution in [-0.4, -0.2) is 31.9 Å². The zero-order valence-corrected chi connectivity index (χ0v) is 28.5. The van der Waals surface area contributed by atoms with Crippen LogP contribution in [0.3, 0.4) is 0 Å². The topological polar surface area (TPSA) is 126 Å². The summed E-state index contributed by atoms with van der Waals surface area (Å²) in [5.41, 5.74) is 9.40. The largest absolute Gasteiger partial charge is 0.664 e. The van der Waals surface area contributed by atoms with Crippen molar-refractivity contribution in [2.45, 2.75) is 53.9 Å². The number of esters is 2. The summed E-state index contributed by atoms with van der Waals surface area (Å²) >= 11 is 0. The van der Waals surface area contributed by atoms with Crippen LogP contribution < -0.4 is 25.7 Å². The van der Waals surface area contributed by atoms with Crippen LogP contribution in [0.1, 0.15) is 87.6 Å². The van der Waals surface area contributed by atoms with Crippen LogP contribution in [0, 0.1) is 38.5 Å². The molecule has 9 nitrogen and oxygen atoms in total. The summed E-state index contributed by atoms with van der Waals surface area (Å²) < 4.78 is 10.1. The Balaban J connectivity index is 0.00000417. The molecule has 8 bridgehead atoms. The molecule has 2 aliphatic heterocycles. The molecule has 1 saturated heterocycles. The normalized spacial score (nSPS) is 23.7. The fourth-order valence-corrected chi connectivity index (χ4v) is 7.02. The number of Topliss-reactive ketones (excluding diaryl/α,β-unsaturated/α-hetero) is 1. The Morgan fingerprint density at radius 1 is 0.935 bits per heavy atom. The van der Waals surface area contributed by atoms with Gasteiger partial charge in [0.25, 0.3) is 0 Å². The predicted molar refractivity (Wildman–Crippen MR) is 171 cm³/mol. The van der Waals surface area contributed by atoms with Crippen molar-refractivity contribution >= 4 is 47.6 Å². The van der Waals surface area contributed by atoms with E-state index in [-0.39, 0.29) is 52.4 Å². The summed E-state index contributed by atoms with van der Waals surface area (Å²) in [6.07, 6.45) is 9.00. The van der Waals surface area contributed by atoms with Crippen molar-refractivity contribution in [2.24, 2.45) is 17.8 Å². The third-order valence-electron chi connectivity index (χ3n) is 9.63. The predicted octanol–water partition coefficient (Wildman–Crippen LogP) is 3.99. The third kappa shape index (κ3) is 5.11. The van der Waals surface area contributed by atoms with E-state index >= 15 is 0 Å². The molecule has 0 spiro atoms. The summed E-state index contributed by atoms with van der Waals surface area (Å²) in [5.74, 6) is -3.01. The molecule has 5 heterocycles. The first-order valence-corrected chi connectivity index (χ1v) is 15.2. The van der Waals surface area contributed by atoms with Gasteiger partial charge in [0.15, 0.2) is 5.78 Å². The fourth-order valence-electron chi connectivity index (χ4n) is 7.02. The first-order chi connectivity index (χ1) is 21.5. The maximum absolute atomic E-state index is 14.0. The van der Waals surface area contributed by atoms with E-state index in [0.717, 1.165) is 56.5 Å². The summed E-state index contributed by atoms with van der Waals surface area (Å²) in [4.78, 5) is 54.6. The molecule has 0 amide bonds. The Kier molecular flexibility index (Phi) is 9.14. The van der Waals surface area contributed by atoms with E-state index in [1.165, 1.54) is 14.2 Å². The minimum atomic E-state index is -1.20. The van der Waals surface area contributed by atoms with Crippen LogP contribution in [0.2, 0.25) is 0 Å². The van der Waals surface area contributed by atoms with Gasteiger partial charge in [-0.2, -0.15) is 11.4 Å². The Bertz CT molecular complexity index is 1990. The first-order valence-electron chi connectivity index (χ1n) is 15.2. The second kappa shape index (κ2) is 12.6. The van der Waals surface area contributed by atoms with E-state index in [4.69, 9.17) is 29.7 Å². The molecular weight excluding hydrogens is 676 g/mol. The van der Waals surface area contributed by atoms with Crippen LogP contribution in [0.4, 0.5) is 0 Å². The number of ketones is 1. The molecule has 10 heteroatoms. The zero-order chi connectivity index (χ0) is 32.3. The quantitative estimate of drug-likeness (QED) is 0.214. The van der Waals surface area contributed by atoms with Gasteiger partial charge in [0.05, 0.1) is 14.2 Å². The summed E-state index contributed by atoms with van der Waals surface area (Å²) in [6, 6.07) is 0. The zero-order valence-electron chi connectivity index (χ0n) is 27.0. The summed E-state index contributed by atoms with van der Waals surface area (Å²) in [5, 5.41) is 6.70. The van der Waals surface area contributed by atoms with Crippen molar-refractivity contribution in [3.8, 4) is 0 Å². The third-order valence-corrected chi connectivity index (χ3v) is 9.63. The molecule has 3 atom stereocenters. The summed E-state index contributed by atoms with van der Waals surface area (Å²) in [6.45, 7) is 14.1. The SMILES string of the molecule is C=Cc1c2[n-]c(c1C)/C=C1\[N-]/C(=C3\c4[n-]c(c(C)c4C(=O)C3C(=O)OC)/C=c3\[n-]/c(c(C)c3CC)=C\2)C(CCC(=O)OC)C1C.[Ag]. The van der Waals surface area contributed by atoms with E-state index in [1.807, 2.05) is 45.1 Å². The second-order valence-electron chi connectivity index (χ2n) is 11.9. The molecule has 1 fully saturated rings. The van der Waals surface area contributed by atoms with Crippen LogP contribution in [-0.2, 0) is 47.9 Å². The van der Waals surface area contributed by atoms with Crippen molar-refractivity contribution < 1.29 is 46.2 Å². The minimum absolute atomic E-state index is 0. The number of rotatable bonds is 6. The second-order valence-corrected chi connectivity index (χ2v) is 11.9. The van der Waals surface area contributed by atoms with Crippen molar-refractivity contribution in [3.05, 3.63) is 90.1 Å². The van der Waals surface area contributed by atoms with E-state index < -0.39 is 11.9 Å². The van der Waals surface area contributed by atoms with Crippen molar-refractivity contribution in [1.82, 2.24) is 15.0 Å². The van der Waals surface area contributed by atoms with Gasteiger partial charge in [-0.1, -0.05) is 72.6 Å². The Labute approximate surface area is 283 Å². The van der Waals surface area contributed by atoms with E-state index in [1.54, 1.807) is 0 Å². The molecule has 0 saturated carbocycles. The number of methoxy groups -OCH3 is 2.